The van der Waals surface area contributed by atoms with Crippen molar-refractivity contribution in [1.82, 2.24) is 0 Å². The second-order valence-electron chi connectivity index (χ2n) is 13.0. The third-order valence-electron chi connectivity index (χ3n) is 8.81. The number of rotatable bonds is 18. The molecule has 238 valence electrons. The fraction of sp³-hybridized carbons (Fsp3) is 0.879. The fourth-order valence-electron chi connectivity index (χ4n) is 6.00. The van der Waals surface area contributed by atoms with Crippen LogP contribution in [0.3, 0.4) is 0 Å². The maximum Gasteiger partial charge on any atom is 0.333 e. The summed E-state index contributed by atoms with van der Waals surface area (Å²) in [5.74, 6) is 0.771. The van der Waals surface area contributed by atoms with Crippen LogP contribution in [0, 0.1) is 23.2 Å². The Morgan fingerprint density at radius 2 is 1.32 bits per heavy atom. The average molecular weight is 583 g/mol. The normalized spacial score (nSPS) is 25.0. The molecule has 2 fully saturated rings. The van der Waals surface area contributed by atoms with Crippen LogP contribution in [-0.2, 0) is 38.0 Å². The van der Waals surface area contributed by atoms with E-state index >= 15 is 0 Å². The van der Waals surface area contributed by atoms with E-state index in [0.29, 0.717) is 62.8 Å². The number of esters is 2. The highest BCUT2D eigenvalue weighted by Crippen LogP contribution is 2.48. The molecule has 0 aromatic rings. The Morgan fingerprint density at radius 1 is 0.756 bits per heavy atom. The van der Waals surface area contributed by atoms with Crippen LogP contribution in [-0.4, -0.2) is 76.0 Å². The van der Waals surface area contributed by atoms with Crippen molar-refractivity contribution in [2.75, 3.05) is 39.6 Å². The average Bonchev–Trinajstić information content (AvgIpc) is 2.94. The summed E-state index contributed by atoms with van der Waals surface area (Å²) in [6.45, 7) is 20.4. The molecule has 0 spiro atoms. The van der Waals surface area contributed by atoms with E-state index in [0.717, 1.165) is 37.5 Å². The summed E-state index contributed by atoms with van der Waals surface area (Å²) in [4.78, 5) is 23.1. The van der Waals surface area contributed by atoms with E-state index in [-0.39, 0.29) is 30.1 Å². The van der Waals surface area contributed by atoms with Gasteiger partial charge in [-0.2, -0.15) is 0 Å². The van der Waals surface area contributed by atoms with Gasteiger partial charge in [-0.15, -0.1) is 0 Å². The minimum Gasteiger partial charge on any atom is -0.463 e. The Morgan fingerprint density at radius 3 is 1.85 bits per heavy atom. The standard InChI is InChI=1S/C33H58O8/c1-23(2)31(34)39-20-19-37-25(5)22-40-30-15-11-28(12-16-30)33(7,8)27-9-13-29(14-10-27)38-18-17-36-21-26(6)41-32(35)24(3)4/h23,25-30H,3,9-22H2,1-2,4-8H3. The van der Waals surface area contributed by atoms with Crippen molar-refractivity contribution in [3.05, 3.63) is 12.2 Å². The third-order valence-corrected chi connectivity index (χ3v) is 8.81. The number of ether oxygens (including phenoxy) is 6. The van der Waals surface area contributed by atoms with Crippen molar-refractivity contribution in [2.45, 2.75) is 124 Å². The first-order chi connectivity index (χ1) is 19.4. The largest absolute Gasteiger partial charge is 0.463 e. The van der Waals surface area contributed by atoms with Crippen LogP contribution in [0.1, 0.15) is 99.8 Å². The molecule has 0 N–H and O–H groups in total. The molecule has 0 radical (unpaired) electrons. The van der Waals surface area contributed by atoms with Gasteiger partial charge in [0.2, 0.25) is 0 Å². The van der Waals surface area contributed by atoms with E-state index in [1.54, 1.807) is 6.92 Å². The lowest BCUT2D eigenvalue weighted by Gasteiger charge is -2.46. The number of hydrogen-bond acceptors (Lipinski definition) is 8. The van der Waals surface area contributed by atoms with Crippen molar-refractivity contribution < 1.29 is 38.0 Å². The smallest absolute Gasteiger partial charge is 0.333 e. The highest BCUT2D eigenvalue weighted by atomic mass is 16.6. The number of hydrogen-bond donors (Lipinski definition) is 0. The Kier molecular flexibility index (Phi) is 15.9. The van der Waals surface area contributed by atoms with Crippen molar-refractivity contribution >= 4 is 11.9 Å². The summed E-state index contributed by atoms with van der Waals surface area (Å²) < 4.78 is 34.1. The lowest BCUT2D eigenvalue weighted by atomic mass is 9.60. The summed E-state index contributed by atoms with van der Waals surface area (Å²) in [6, 6.07) is 0. The van der Waals surface area contributed by atoms with Gasteiger partial charge in [0, 0.05) is 5.57 Å². The monoisotopic (exact) mass is 582 g/mol. The van der Waals surface area contributed by atoms with E-state index in [9.17, 15) is 9.59 Å². The lowest BCUT2D eigenvalue weighted by molar-refractivity contribution is -0.150. The summed E-state index contributed by atoms with van der Waals surface area (Å²) in [6.07, 6.45) is 9.58. The first-order valence-electron chi connectivity index (χ1n) is 15.9. The van der Waals surface area contributed by atoms with Gasteiger partial charge in [0.15, 0.2) is 0 Å². The molecule has 41 heavy (non-hydrogen) atoms. The quantitative estimate of drug-likeness (QED) is 0.106. The Labute approximate surface area is 249 Å². The Hall–Kier alpha value is -1.48. The van der Waals surface area contributed by atoms with Crippen molar-refractivity contribution in [2.24, 2.45) is 23.2 Å². The summed E-state index contributed by atoms with van der Waals surface area (Å²) in [5.41, 5.74) is 0.716. The highest BCUT2D eigenvalue weighted by molar-refractivity contribution is 5.87. The van der Waals surface area contributed by atoms with Gasteiger partial charge in [-0.25, -0.2) is 4.79 Å². The first-order valence-corrected chi connectivity index (χ1v) is 15.9. The van der Waals surface area contributed by atoms with Gasteiger partial charge < -0.3 is 28.4 Å². The van der Waals surface area contributed by atoms with Crippen LogP contribution in [0.2, 0.25) is 0 Å². The van der Waals surface area contributed by atoms with Gasteiger partial charge in [0.1, 0.15) is 12.7 Å². The third kappa shape index (κ3) is 13.1. The van der Waals surface area contributed by atoms with Gasteiger partial charge >= 0.3 is 11.9 Å². The molecule has 0 heterocycles. The molecule has 2 rings (SSSR count). The SMILES string of the molecule is C=C(C)C(=O)OC(C)COCCOC1CCC(C(C)(C)C2CCC(OCC(C)OCCOC(=O)C(C)C)CC2)CC1. The van der Waals surface area contributed by atoms with Gasteiger partial charge in [-0.3, -0.25) is 4.79 Å². The molecular weight excluding hydrogens is 524 g/mol. The zero-order chi connectivity index (χ0) is 30.4. The van der Waals surface area contributed by atoms with Crippen molar-refractivity contribution in [3.8, 4) is 0 Å². The van der Waals surface area contributed by atoms with E-state index < -0.39 is 0 Å². The molecule has 0 saturated heterocycles. The predicted molar refractivity (Wildman–Crippen MR) is 160 cm³/mol. The highest BCUT2D eigenvalue weighted by Gasteiger charge is 2.40. The van der Waals surface area contributed by atoms with Crippen molar-refractivity contribution in [1.29, 1.82) is 0 Å². The minimum absolute atomic E-state index is 0.0131. The molecule has 0 aromatic heterocycles. The molecule has 0 bridgehead atoms. The fourth-order valence-corrected chi connectivity index (χ4v) is 6.00. The van der Waals surface area contributed by atoms with E-state index in [4.69, 9.17) is 28.4 Å². The zero-order valence-corrected chi connectivity index (χ0v) is 26.9. The van der Waals surface area contributed by atoms with Crippen LogP contribution in [0.4, 0.5) is 0 Å². The molecule has 2 aliphatic rings. The molecule has 2 unspecified atom stereocenters. The predicted octanol–water partition coefficient (Wildman–Crippen LogP) is 6.29. The van der Waals surface area contributed by atoms with E-state index in [1.165, 1.54) is 25.7 Å². The van der Waals surface area contributed by atoms with Crippen LogP contribution < -0.4 is 0 Å². The molecule has 0 amide bonds. The number of carbonyl (C=O) groups excluding carboxylic acids is 2. The van der Waals surface area contributed by atoms with Gasteiger partial charge in [-0.05, 0) is 89.4 Å². The maximum absolute atomic E-state index is 11.6. The minimum atomic E-state index is -0.380. The Bertz CT molecular complexity index is 778. The van der Waals surface area contributed by atoms with Gasteiger partial charge in [0.05, 0.1) is 57.3 Å². The second-order valence-corrected chi connectivity index (χ2v) is 13.0. The zero-order valence-electron chi connectivity index (χ0n) is 26.9. The van der Waals surface area contributed by atoms with Crippen LogP contribution in [0.15, 0.2) is 12.2 Å². The van der Waals surface area contributed by atoms with Gasteiger partial charge in [-0.1, -0.05) is 34.3 Å². The van der Waals surface area contributed by atoms with Crippen LogP contribution >= 0.6 is 0 Å². The summed E-state index contributed by atoms with van der Waals surface area (Å²) in [5, 5.41) is 0. The van der Waals surface area contributed by atoms with Crippen LogP contribution in [0.25, 0.3) is 0 Å². The molecule has 2 saturated carbocycles. The summed E-state index contributed by atoms with van der Waals surface area (Å²) >= 11 is 0. The maximum atomic E-state index is 11.6. The lowest BCUT2D eigenvalue weighted by Crippen LogP contribution is -2.39. The Balaban J connectivity index is 1.57. The molecule has 0 aliphatic heterocycles. The second kappa shape index (κ2) is 18.2. The van der Waals surface area contributed by atoms with Gasteiger partial charge in [0.25, 0.3) is 0 Å². The molecule has 2 aliphatic carbocycles. The first kappa shape index (κ1) is 35.7. The van der Waals surface area contributed by atoms with Crippen molar-refractivity contribution in [3.63, 3.8) is 0 Å². The van der Waals surface area contributed by atoms with E-state index in [1.807, 2.05) is 27.7 Å². The molecular formula is C33H58O8. The molecule has 0 aromatic carbocycles. The van der Waals surface area contributed by atoms with Crippen LogP contribution in [0.5, 0.6) is 0 Å². The topological polar surface area (TPSA) is 89.5 Å². The molecule has 8 nitrogen and oxygen atoms in total. The molecule has 8 heteroatoms. The molecule has 2 atom stereocenters. The van der Waals surface area contributed by atoms with E-state index in [2.05, 4.69) is 20.4 Å². The number of carbonyl (C=O) groups is 2. The summed E-state index contributed by atoms with van der Waals surface area (Å²) in [7, 11) is 0.